The molecule has 0 saturated heterocycles. The molecule has 0 aliphatic carbocycles. The third-order valence-corrected chi connectivity index (χ3v) is 4.75. The van der Waals surface area contributed by atoms with Gasteiger partial charge in [-0.05, 0) is 42.8 Å². The Labute approximate surface area is 178 Å². The molecule has 0 fully saturated rings. The van der Waals surface area contributed by atoms with E-state index in [0.717, 1.165) is 11.1 Å². The first-order chi connectivity index (χ1) is 15.0. The van der Waals surface area contributed by atoms with Crippen LogP contribution in [0.5, 0.6) is 5.75 Å². The molecular weight excluding hydrogens is 394 g/mol. The molecule has 0 bridgehead atoms. The van der Waals surface area contributed by atoms with Crippen LogP contribution in [-0.4, -0.2) is 11.9 Å². The summed E-state index contributed by atoms with van der Waals surface area (Å²) in [4.78, 5) is 37.1. The molecule has 0 atom stereocenters. The summed E-state index contributed by atoms with van der Waals surface area (Å²) < 4.78 is 10.7. The number of benzene rings is 3. The Hall–Kier alpha value is -4.19. The molecular formula is C25H19NO5. The van der Waals surface area contributed by atoms with Crippen LogP contribution in [0.15, 0.2) is 88.1 Å². The largest absolute Gasteiger partial charge is 0.423 e. The lowest BCUT2D eigenvalue weighted by atomic mass is 10.1. The van der Waals surface area contributed by atoms with Crippen LogP contribution in [0.2, 0.25) is 0 Å². The van der Waals surface area contributed by atoms with Crippen molar-refractivity contribution in [1.82, 2.24) is 5.32 Å². The van der Waals surface area contributed by atoms with Gasteiger partial charge in [0.25, 0.3) is 5.91 Å². The number of hydrogen-bond acceptors (Lipinski definition) is 5. The van der Waals surface area contributed by atoms with Gasteiger partial charge >= 0.3 is 11.6 Å². The maximum atomic E-state index is 12.4. The second-order valence-corrected chi connectivity index (χ2v) is 7.07. The van der Waals surface area contributed by atoms with Crippen molar-refractivity contribution in [2.75, 3.05) is 0 Å². The van der Waals surface area contributed by atoms with Crippen LogP contribution in [-0.2, 0) is 6.54 Å². The number of rotatable bonds is 5. The summed E-state index contributed by atoms with van der Waals surface area (Å²) in [6, 6.07) is 22.5. The Morgan fingerprint density at radius 1 is 0.935 bits per heavy atom. The van der Waals surface area contributed by atoms with Crippen LogP contribution in [0.1, 0.15) is 31.8 Å². The summed E-state index contributed by atoms with van der Waals surface area (Å²) in [5.74, 6) is -0.796. The quantitative estimate of drug-likeness (QED) is 0.300. The van der Waals surface area contributed by atoms with Crippen molar-refractivity contribution in [1.29, 1.82) is 0 Å². The first-order valence-corrected chi connectivity index (χ1v) is 9.68. The van der Waals surface area contributed by atoms with Crippen molar-refractivity contribution in [2.24, 2.45) is 0 Å². The van der Waals surface area contributed by atoms with Gasteiger partial charge in [0.1, 0.15) is 16.9 Å². The predicted molar refractivity (Wildman–Crippen MR) is 116 cm³/mol. The fourth-order valence-corrected chi connectivity index (χ4v) is 3.04. The van der Waals surface area contributed by atoms with Crippen LogP contribution >= 0.6 is 0 Å². The van der Waals surface area contributed by atoms with Crippen LogP contribution < -0.4 is 15.7 Å². The zero-order valence-corrected chi connectivity index (χ0v) is 16.8. The fraction of sp³-hybridized carbons (Fsp3) is 0.0800. The Morgan fingerprint density at radius 3 is 2.42 bits per heavy atom. The van der Waals surface area contributed by atoms with E-state index >= 15 is 0 Å². The van der Waals surface area contributed by atoms with Gasteiger partial charge in [-0.15, -0.1) is 0 Å². The summed E-state index contributed by atoms with van der Waals surface area (Å²) in [6.45, 7) is 2.22. The summed E-state index contributed by atoms with van der Waals surface area (Å²) in [7, 11) is 0. The molecule has 0 unspecified atom stereocenters. The predicted octanol–water partition coefficient (Wildman–Crippen LogP) is 4.25. The van der Waals surface area contributed by atoms with Gasteiger partial charge in [-0.3, -0.25) is 4.79 Å². The van der Waals surface area contributed by atoms with Crippen LogP contribution in [0.4, 0.5) is 0 Å². The molecule has 0 spiro atoms. The van der Waals surface area contributed by atoms with Crippen LogP contribution in [0.25, 0.3) is 11.0 Å². The zero-order valence-electron chi connectivity index (χ0n) is 16.8. The minimum atomic E-state index is -0.764. The molecule has 0 saturated carbocycles. The van der Waals surface area contributed by atoms with E-state index in [-0.39, 0.29) is 16.9 Å². The number of fused-ring (bicyclic) bond motifs is 1. The summed E-state index contributed by atoms with van der Waals surface area (Å²) in [6.07, 6.45) is 0. The number of esters is 1. The Bertz CT molecular complexity index is 1310. The highest BCUT2D eigenvalue weighted by Gasteiger charge is 2.15. The Balaban J connectivity index is 1.52. The van der Waals surface area contributed by atoms with Gasteiger partial charge in [0.15, 0.2) is 0 Å². The van der Waals surface area contributed by atoms with E-state index in [4.69, 9.17) is 9.15 Å². The SMILES string of the molecule is Cc1ccc(C(=O)Oc2ccc3cc(C(=O)NCc4ccccc4)c(=O)oc3c2)cc1. The summed E-state index contributed by atoms with van der Waals surface area (Å²) in [5, 5.41) is 3.25. The lowest BCUT2D eigenvalue weighted by molar-refractivity contribution is 0.0734. The molecule has 0 aliphatic heterocycles. The van der Waals surface area contributed by atoms with Crippen molar-refractivity contribution in [2.45, 2.75) is 13.5 Å². The van der Waals surface area contributed by atoms with Crippen molar-refractivity contribution in [3.63, 3.8) is 0 Å². The second-order valence-electron chi connectivity index (χ2n) is 7.07. The highest BCUT2D eigenvalue weighted by Crippen LogP contribution is 2.21. The highest BCUT2D eigenvalue weighted by atomic mass is 16.5. The van der Waals surface area contributed by atoms with Gasteiger partial charge in [-0.2, -0.15) is 0 Å². The lowest BCUT2D eigenvalue weighted by Gasteiger charge is -2.07. The highest BCUT2D eigenvalue weighted by molar-refractivity contribution is 5.97. The summed E-state index contributed by atoms with van der Waals surface area (Å²) in [5.41, 5.74) is 1.73. The van der Waals surface area contributed by atoms with Crippen molar-refractivity contribution in [3.05, 3.63) is 112 Å². The molecule has 4 aromatic rings. The number of nitrogens with one attached hydrogen (secondary N) is 1. The minimum absolute atomic E-state index is 0.0900. The van der Waals surface area contributed by atoms with Gasteiger partial charge < -0.3 is 14.5 Å². The van der Waals surface area contributed by atoms with E-state index < -0.39 is 17.5 Å². The number of hydrogen-bond donors (Lipinski definition) is 1. The normalized spacial score (nSPS) is 10.6. The summed E-state index contributed by atoms with van der Waals surface area (Å²) >= 11 is 0. The first kappa shape index (κ1) is 20.1. The number of aryl methyl sites for hydroxylation is 1. The standard InChI is InChI=1S/C25H19NO5/c1-16-7-9-18(10-8-16)24(28)30-20-12-11-19-13-21(25(29)31-22(19)14-20)23(27)26-15-17-5-3-2-4-6-17/h2-14H,15H2,1H3,(H,26,27). The smallest absolute Gasteiger partial charge is 0.349 e. The molecule has 31 heavy (non-hydrogen) atoms. The zero-order chi connectivity index (χ0) is 21.8. The molecule has 154 valence electrons. The molecule has 1 N–H and O–H groups in total. The van der Waals surface area contributed by atoms with Crippen molar-refractivity contribution >= 4 is 22.8 Å². The topological polar surface area (TPSA) is 85.6 Å². The van der Waals surface area contributed by atoms with E-state index in [1.165, 1.54) is 12.1 Å². The molecule has 3 aromatic carbocycles. The molecule has 0 radical (unpaired) electrons. The number of carbonyl (C=O) groups is 2. The van der Waals surface area contributed by atoms with Gasteiger partial charge in [0, 0.05) is 18.0 Å². The molecule has 6 heteroatoms. The molecule has 4 rings (SSSR count). The monoisotopic (exact) mass is 413 g/mol. The molecule has 1 amide bonds. The van der Waals surface area contributed by atoms with Gasteiger partial charge in [-0.25, -0.2) is 9.59 Å². The molecule has 0 aliphatic rings. The number of amides is 1. The fourth-order valence-electron chi connectivity index (χ4n) is 3.04. The van der Waals surface area contributed by atoms with E-state index in [9.17, 15) is 14.4 Å². The third kappa shape index (κ3) is 4.70. The van der Waals surface area contributed by atoms with E-state index in [2.05, 4.69) is 5.32 Å². The number of ether oxygens (including phenoxy) is 1. The maximum Gasteiger partial charge on any atom is 0.349 e. The average Bonchev–Trinajstić information content (AvgIpc) is 2.78. The minimum Gasteiger partial charge on any atom is -0.423 e. The van der Waals surface area contributed by atoms with Crippen LogP contribution in [0.3, 0.4) is 0 Å². The van der Waals surface area contributed by atoms with Gasteiger partial charge in [-0.1, -0.05) is 48.0 Å². The van der Waals surface area contributed by atoms with E-state index in [1.54, 1.807) is 24.3 Å². The Kier molecular flexibility index (Phi) is 5.62. The van der Waals surface area contributed by atoms with E-state index in [1.807, 2.05) is 49.4 Å². The lowest BCUT2D eigenvalue weighted by Crippen LogP contribution is -2.27. The van der Waals surface area contributed by atoms with Gasteiger partial charge in [0.05, 0.1) is 5.56 Å². The Morgan fingerprint density at radius 2 is 1.68 bits per heavy atom. The second kappa shape index (κ2) is 8.67. The van der Waals surface area contributed by atoms with Crippen LogP contribution in [0, 0.1) is 6.92 Å². The number of carbonyl (C=O) groups excluding carboxylic acids is 2. The molecule has 1 aromatic heterocycles. The van der Waals surface area contributed by atoms with Crippen molar-refractivity contribution < 1.29 is 18.7 Å². The third-order valence-electron chi connectivity index (χ3n) is 4.75. The maximum absolute atomic E-state index is 12.4. The molecule has 6 nitrogen and oxygen atoms in total. The van der Waals surface area contributed by atoms with Crippen molar-refractivity contribution in [3.8, 4) is 5.75 Å². The molecule has 1 heterocycles. The average molecular weight is 413 g/mol. The first-order valence-electron chi connectivity index (χ1n) is 9.68. The van der Waals surface area contributed by atoms with Gasteiger partial charge in [0.2, 0.25) is 0 Å². The van der Waals surface area contributed by atoms with E-state index in [0.29, 0.717) is 17.5 Å².